The van der Waals surface area contributed by atoms with Gasteiger partial charge in [0.05, 0.1) is 22.1 Å². The predicted octanol–water partition coefficient (Wildman–Crippen LogP) is 10.1. The quantitative estimate of drug-likeness (QED) is 0.221. The molecule has 3 heterocycles. The number of hydrogen-bond acceptors (Lipinski definition) is 1. The second kappa shape index (κ2) is 8.92. The van der Waals surface area contributed by atoms with Crippen molar-refractivity contribution < 1.29 is 0 Å². The van der Waals surface area contributed by atoms with Crippen LogP contribution in [0.25, 0.3) is 77.0 Å². The highest BCUT2D eigenvalue weighted by Gasteiger charge is 2.19. The summed E-state index contributed by atoms with van der Waals surface area (Å²) in [5.74, 6) is 0.918. The molecule has 0 aliphatic carbocycles. The summed E-state index contributed by atoms with van der Waals surface area (Å²) in [5, 5.41) is 7.39. The summed E-state index contributed by atoms with van der Waals surface area (Å²) in [7, 11) is 0. The molecule has 6 aromatic carbocycles. The highest BCUT2D eigenvalue weighted by Crippen LogP contribution is 2.40. The van der Waals surface area contributed by atoms with Gasteiger partial charge in [-0.1, -0.05) is 97.1 Å². The number of para-hydroxylation sites is 3. The van der Waals surface area contributed by atoms with Gasteiger partial charge < -0.3 is 4.57 Å². The van der Waals surface area contributed by atoms with Gasteiger partial charge in [-0.15, -0.1) is 0 Å². The third kappa shape index (κ3) is 3.31. The molecule has 3 heteroatoms. The van der Waals surface area contributed by atoms with Crippen molar-refractivity contribution in [3.05, 3.63) is 152 Å². The van der Waals surface area contributed by atoms with Gasteiger partial charge in [0.15, 0.2) is 0 Å². The number of rotatable bonds is 3. The Bertz CT molecular complexity index is 2450. The Labute approximate surface area is 242 Å². The van der Waals surface area contributed by atoms with Crippen LogP contribution in [0.4, 0.5) is 0 Å². The Balaban J connectivity index is 1.41. The van der Waals surface area contributed by atoms with Gasteiger partial charge in [-0.05, 0) is 65.0 Å². The van der Waals surface area contributed by atoms with Crippen LogP contribution in [-0.2, 0) is 0 Å². The molecule has 0 amide bonds. The fourth-order valence-electron chi connectivity index (χ4n) is 6.69. The van der Waals surface area contributed by atoms with E-state index in [9.17, 15) is 0 Å². The Kier molecular flexibility index (Phi) is 4.90. The minimum absolute atomic E-state index is 0.918. The molecular weight excluding hydrogens is 510 g/mol. The molecule has 0 aliphatic heterocycles. The van der Waals surface area contributed by atoms with Gasteiger partial charge in [0.2, 0.25) is 0 Å². The predicted molar refractivity (Wildman–Crippen MR) is 176 cm³/mol. The highest BCUT2D eigenvalue weighted by molar-refractivity contribution is 6.22. The van der Waals surface area contributed by atoms with E-state index < -0.39 is 0 Å². The summed E-state index contributed by atoms with van der Waals surface area (Å²) in [6.07, 6.45) is 1.93. The van der Waals surface area contributed by atoms with Crippen molar-refractivity contribution in [2.75, 3.05) is 0 Å². The normalized spacial score (nSPS) is 11.8. The second-order valence-electron chi connectivity index (χ2n) is 10.9. The van der Waals surface area contributed by atoms with Crippen molar-refractivity contribution in [2.45, 2.75) is 0 Å². The molecule has 0 spiro atoms. The molecular formula is C39H25N3. The molecule has 0 aliphatic rings. The Hall–Kier alpha value is -5.67. The first kappa shape index (κ1) is 23.1. The van der Waals surface area contributed by atoms with E-state index in [0.29, 0.717) is 0 Å². The molecule has 0 atom stereocenters. The fraction of sp³-hybridized carbons (Fsp3) is 0. The number of hydrogen-bond donors (Lipinski definition) is 0. The molecule has 3 aromatic heterocycles. The lowest BCUT2D eigenvalue weighted by molar-refractivity contribution is 1.08. The molecule has 0 fully saturated rings. The average Bonchev–Trinajstić information content (AvgIpc) is 3.57. The summed E-state index contributed by atoms with van der Waals surface area (Å²) in [6.45, 7) is 0. The lowest BCUT2D eigenvalue weighted by Crippen LogP contribution is -1.98. The molecule has 42 heavy (non-hydrogen) atoms. The Morgan fingerprint density at radius 3 is 1.86 bits per heavy atom. The minimum atomic E-state index is 0.918. The van der Waals surface area contributed by atoms with Gasteiger partial charge in [0, 0.05) is 38.8 Å². The van der Waals surface area contributed by atoms with Crippen molar-refractivity contribution in [1.29, 1.82) is 0 Å². The zero-order valence-corrected chi connectivity index (χ0v) is 22.8. The maximum absolute atomic E-state index is 4.93. The monoisotopic (exact) mass is 535 g/mol. The first-order valence-electron chi connectivity index (χ1n) is 14.3. The zero-order valence-electron chi connectivity index (χ0n) is 22.8. The van der Waals surface area contributed by atoms with E-state index in [1.807, 2.05) is 6.20 Å². The Morgan fingerprint density at radius 2 is 1.07 bits per heavy atom. The van der Waals surface area contributed by atoms with Crippen molar-refractivity contribution in [2.24, 2.45) is 0 Å². The van der Waals surface area contributed by atoms with E-state index >= 15 is 0 Å². The number of aromatic nitrogens is 3. The largest absolute Gasteiger partial charge is 0.309 e. The maximum Gasteiger partial charge on any atom is 0.138 e. The SMILES string of the molecule is c1ccc(-c2ccnc(-n3c4ccccc4c4ccc5cc6c(cc5c43)c3ccccc3n6-c3ccccc3)c2)cc1. The number of nitrogens with zero attached hydrogens (tertiary/aromatic N) is 3. The number of benzene rings is 6. The zero-order chi connectivity index (χ0) is 27.6. The van der Waals surface area contributed by atoms with Gasteiger partial charge in [0.1, 0.15) is 5.82 Å². The molecule has 0 saturated heterocycles. The van der Waals surface area contributed by atoms with Crippen molar-refractivity contribution in [3.8, 4) is 22.6 Å². The van der Waals surface area contributed by atoms with Gasteiger partial charge in [0.25, 0.3) is 0 Å². The van der Waals surface area contributed by atoms with E-state index in [-0.39, 0.29) is 0 Å². The molecule has 196 valence electrons. The van der Waals surface area contributed by atoms with E-state index in [1.54, 1.807) is 0 Å². The summed E-state index contributed by atoms with van der Waals surface area (Å²) in [6, 6.07) is 52.2. The molecule has 0 bridgehead atoms. The van der Waals surface area contributed by atoms with Crippen LogP contribution in [0.3, 0.4) is 0 Å². The van der Waals surface area contributed by atoms with E-state index in [4.69, 9.17) is 4.98 Å². The molecule has 0 unspecified atom stereocenters. The van der Waals surface area contributed by atoms with Gasteiger partial charge in [-0.2, -0.15) is 0 Å². The fourth-order valence-corrected chi connectivity index (χ4v) is 6.69. The highest BCUT2D eigenvalue weighted by atomic mass is 15.1. The molecule has 9 rings (SSSR count). The first-order chi connectivity index (χ1) is 20.8. The van der Waals surface area contributed by atoms with E-state index in [0.717, 1.165) is 16.9 Å². The summed E-state index contributed by atoms with van der Waals surface area (Å²) >= 11 is 0. The summed E-state index contributed by atoms with van der Waals surface area (Å²) in [4.78, 5) is 4.93. The summed E-state index contributed by atoms with van der Waals surface area (Å²) < 4.78 is 4.73. The number of pyridine rings is 1. The minimum Gasteiger partial charge on any atom is -0.309 e. The molecule has 0 radical (unpaired) electrons. The summed E-state index contributed by atoms with van der Waals surface area (Å²) in [5.41, 5.74) is 8.26. The molecule has 9 aromatic rings. The van der Waals surface area contributed by atoms with Crippen LogP contribution in [0.15, 0.2) is 152 Å². The smallest absolute Gasteiger partial charge is 0.138 e. The van der Waals surface area contributed by atoms with Crippen molar-refractivity contribution >= 4 is 54.4 Å². The van der Waals surface area contributed by atoms with Gasteiger partial charge in [-0.25, -0.2) is 4.98 Å². The first-order valence-corrected chi connectivity index (χ1v) is 14.3. The van der Waals surface area contributed by atoms with Crippen molar-refractivity contribution in [1.82, 2.24) is 14.1 Å². The van der Waals surface area contributed by atoms with Crippen LogP contribution >= 0.6 is 0 Å². The standard InChI is InChI=1S/C39H25N3/c1-3-11-26(12-4-1)27-21-22-40-38(24-27)42-36-18-10-7-15-30(36)32-20-19-28-23-37-34(25-33(28)39(32)42)31-16-8-9-17-35(31)41(37)29-13-5-2-6-14-29/h1-25H. The van der Waals surface area contributed by atoms with Gasteiger partial charge >= 0.3 is 0 Å². The second-order valence-corrected chi connectivity index (χ2v) is 10.9. The molecule has 3 nitrogen and oxygen atoms in total. The van der Waals surface area contributed by atoms with Gasteiger partial charge in [-0.3, -0.25) is 4.57 Å². The van der Waals surface area contributed by atoms with Crippen LogP contribution in [0.5, 0.6) is 0 Å². The lowest BCUT2D eigenvalue weighted by Gasteiger charge is -2.12. The third-order valence-corrected chi connectivity index (χ3v) is 8.54. The van der Waals surface area contributed by atoms with Crippen LogP contribution in [-0.4, -0.2) is 14.1 Å². The topological polar surface area (TPSA) is 22.8 Å². The van der Waals surface area contributed by atoms with E-state index in [2.05, 4.69) is 155 Å². The van der Waals surface area contributed by atoms with E-state index in [1.165, 1.54) is 60.1 Å². The molecule has 0 N–H and O–H groups in total. The number of fused-ring (bicyclic) bond motifs is 8. The van der Waals surface area contributed by atoms with Crippen molar-refractivity contribution in [3.63, 3.8) is 0 Å². The van der Waals surface area contributed by atoms with Crippen LogP contribution in [0.1, 0.15) is 0 Å². The third-order valence-electron chi connectivity index (χ3n) is 8.54. The Morgan fingerprint density at radius 1 is 0.405 bits per heavy atom. The van der Waals surface area contributed by atoms with Crippen LogP contribution in [0, 0.1) is 0 Å². The average molecular weight is 536 g/mol. The maximum atomic E-state index is 4.93. The lowest BCUT2D eigenvalue weighted by atomic mass is 10.0. The van der Waals surface area contributed by atoms with Crippen LogP contribution < -0.4 is 0 Å². The molecule has 0 saturated carbocycles. The van der Waals surface area contributed by atoms with Crippen LogP contribution in [0.2, 0.25) is 0 Å².